The summed E-state index contributed by atoms with van der Waals surface area (Å²) in [6.45, 7) is 0.658. The maximum Gasteiger partial charge on any atom is 0.256 e. The van der Waals surface area contributed by atoms with Crippen molar-refractivity contribution in [3.63, 3.8) is 0 Å². The van der Waals surface area contributed by atoms with Crippen molar-refractivity contribution in [1.29, 1.82) is 0 Å². The minimum absolute atomic E-state index is 0.304. The predicted molar refractivity (Wildman–Crippen MR) is 98.6 cm³/mol. The SMILES string of the molecule is O=C(Nc1ccc(NCc2ccccc2)c(Cl)c1)c1cc[n+]([O-])cc1. The Balaban J connectivity index is 1.65. The van der Waals surface area contributed by atoms with Gasteiger partial charge in [0.2, 0.25) is 0 Å². The number of benzene rings is 2. The van der Waals surface area contributed by atoms with Crippen molar-refractivity contribution in [3.8, 4) is 0 Å². The van der Waals surface area contributed by atoms with E-state index < -0.39 is 0 Å². The zero-order valence-corrected chi connectivity index (χ0v) is 14.0. The van der Waals surface area contributed by atoms with Crippen LogP contribution in [0, 0.1) is 5.21 Å². The van der Waals surface area contributed by atoms with Gasteiger partial charge in [-0.1, -0.05) is 41.9 Å². The first kappa shape index (κ1) is 16.8. The van der Waals surface area contributed by atoms with E-state index in [1.165, 1.54) is 24.5 Å². The highest BCUT2D eigenvalue weighted by molar-refractivity contribution is 6.33. The zero-order valence-electron chi connectivity index (χ0n) is 13.3. The molecule has 3 rings (SSSR count). The lowest BCUT2D eigenvalue weighted by Crippen LogP contribution is -2.25. The van der Waals surface area contributed by atoms with E-state index in [0.717, 1.165) is 11.3 Å². The number of anilines is 2. The van der Waals surface area contributed by atoms with E-state index in [1.54, 1.807) is 12.1 Å². The van der Waals surface area contributed by atoms with Crippen LogP contribution in [0.4, 0.5) is 11.4 Å². The topological polar surface area (TPSA) is 68.1 Å². The molecule has 0 saturated heterocycles. The molecule has 0 saturated carbocycles. The first-order chi connectivity index (χ1) is 12.1. The average Bonchev–Trinajstić information content (AvgIpc) is 2.62. The molecule has 3 aromatic rings. The molecule has 126 valence electrons. The second kappa shape index (κ2) is 7.68. The Morgan fingerprint density at radius 1 is 1.04 bits per heavy atom. The third-order valence-electron chi connectivity index (χ3n) is 3.62. The second-order valence-electron chi connectivity index (χ2n) is 5.43. The van der Waals surface area contributed by atoms with Crippen LogP contribution in [0.25, 0.3) is 0 Å². The number of carbonyl (C=O) groups excluding carboxylic acids is 1. The van der Waals surface area contributed by atoms with Crippen molar-refractivity contribution in [2.45, 2.75) is 6.54 Å². The molecular weight excluding hydrogens is 338 g/mol. The molecule has 5 nitrogen and oxygen atoms in total. The summed E-state index contributed by atoms with van der Waals surface area (Å²) in [6, 6.07) is 18.2. The van der Waals surface area contributed by atoms with Crippen LogP contribution in [0.5, 0.6) is 0 Å². The summed E-state index contributed by atoms with van der Waals surface area (Å²) in [4.78, 5) is 12.2. The monoisotopic (exact) mass is 353 g/mol. The first-order valence-corrected chi connectivity index (χ1v) is 8.07. The Hall–Kier alpha value is -3.05. The van der Waals surface area contributed by atoms with Gasteiger partial charge in [-0.3, -0.25) is 4.79 Å². The molecule has 6 heteroatoms. The number of pyridine rings is 1. The molecule has 1 aromatic heterocycles. The largest absolute Gasteiger partial charge is 0.619 e. The van der Waals surface area contributed by atoms with E-state index >= 15 is 0 Å². The first-order valence-electron chi connectivity index (χ1n) is 7.69. The summed E-state index contributed by atoms with van der Waals surface area (Å²) in [5.41, 5.74) is 2.92. The van der Waals surface area contributed by atoms with E-state index in [1.807, 2.05) is 36.4 Å². The molecule has 0 aliphatic heterocycles. The van der Waals surface area contributed by atoms with Crippen molar-refractivity contribution in [1.82, 2.24) is 0 Å². The summed E-state index contributed by atoms with van der Waals surface area (Å²) in [5, 5.41) is 17.5. The van der Waals surface area contributed by atoms with Crippen LogP contribution in [0.1, 0.15) is 15.9 Å². The van der Waals surface area contributed by atoms with Crippen LogP contribution in [0.15, 0.2) is 73.1 Å². The van der Waals surface area contributed by atoms with Crippen molar-refractivity contribution >= 4 is 28.9 Å². The van der Waals surface area contributed by atoms with Crippen molar-refractivity contribution in [2.75, 3.05) is 10.6 Å². The van der Waals surface area contributed by atoms with Crippen LogP contribution >= 0.6 is 11.6 Å². The highest BCUT2D eigenvalue weighted by atomic mass is 35.5. The van der Waals surface area contributed by atoms with Gasteiger partial charge < -0.3 is 15.8 Å². The lowest BCUT2D eigenvalue weighted by molar-refractivity contribution is -0.605. The van der Waals surface area contributed by atoms with Gasteiger partial charge in [0.25, 0.3) is 5.91 Å². The smallest absolute Gasteiger partial charge is 0.256 e. The summed E-state index contributed by atoms with van der Waals surface area (Å²) < 4.78 is 0.626. The molecule has 0 atom stereocenters. The predicted octanol–water partition coefficient (Wildman–Crippen LogP) is 3.84. The molecule has 2 N–H and O–H groups in total. The van der Waals surface area contributed by atoms with Gasteiger partial charge in [0.05, 0.1) is 16.3 Å². The fraction of sp³-hybridized carbons (Fsp3) is 0.0526. The normalized spacial score (nSPS) is 10.3. The molecule has 1 amide bonds. The summed E-state index contributed by atoms with van der Waals surface area (Å²) in [7, 11) is 0. The Labute approximate surface area is 150 Å². The minimum Gasteiger partial charge on any atom is -0.619 e. The fourth-order valence-electron chi connectivity index (χ4n) is 2.30. The summed E-state index contributed by atoms with van der Waals surface area (Å²) in [6.07, 6.45) is 2.55. The molecule has 0 radical (unpaired) electrons. The van der Waals surface area contributed by atoms with Gasteiger partial charge in [-0.15, -0.1) is 0 Å². The maximum absolute atomic E-state index is 12.2. The number of nitrogens with zero attached hydrogens (tertiary/aromatic N) is 1. The van der Waals surface area contributed by atoms with Crippen molar-refractivity contribution in [2.24, 2.45) is 0 Å². The third-order valence-corrected chi connectivity index (χ3v) is 3.93. The fourth-order valence-corrected chi connectivity index (χ4v) is 2.54. The van der Waals surface area contributed by atoms with E-state index in [4.69, 9.17) is 11.6 Å². The Bertz CT molecular complexity index is 868. The van der Waals surface area contributed by atoms with Crippen LogP contribution in [-0.4, -0.2) is 5.91 Å². The molecule has 0 aliphatic carbocycles. The number of hydrogen-bond acceptors (Lipinski definition) is 3. The number of aromatic nitrogens is 1. The zero-order chi connectivity index (χ0) is 17.6. The van der Waals surface area contributed by atoms with Gasteiger partial charge in [0.15, 0.2) is 12.4 Å². The minimum atomic E-state index is -0.304. The lowest BCUT2D eigenvalue weighted by atomic mass is 10.2. The Morgan fingerprint density at radius 2 is 1.76 bits per heavy atom. The van der Waals surface area contributed by atoms with Crippen molar-refractivity contribution < 1.29 is 9.52 Å². The van der Waals surface area contributed by atoms with Crippen LogP contribution in [0.3, 0.4) is 0 Å². The molecule has 1 heterocycles. The molecule has 0 fully saturated rings. The second-order valence-corrected chi connectivity index (χ2v) is 5.84. The number of carbonyl (C=O) groups is 1. The summed E-state index contributed by atoms with van der Waals surface area (Å²) in [5.74, 6) is -0.304. The molecule has 2 aromatic carbocycles. The average molecular weight is 354 g/mol. The van der Waals surface area contributed by atoms with Gasteiger partial charge in [-0.2, -0.15) is 4.73 Å². The molecule has 0 unspecified atom stereocenters. The number of halogens is 1. The quantitative estimate of drug-likeness (QED) is 0.541. The van der Waals surface area contributed by atoms with Crippen molar-refractivity contribution in [3.05, 3.63) is 94.4 Å². The van der Waals surface area contributed by atoms with Gasteiger partial charge in [-0.05, 0) is 23.8 Å². The highest BCUT2D eigenvalue weighted by Gasteiger charge is 2.09. The van der Waals surface area contributed by atoms with Gasteiger partial charge >= 0.3 is 0 Å². The Morgan fingerprint density at radius 3 is 2.44 bits per heavy atom. The lowest BCUT2D eigenvalue weighted by Gasteiger charge is -2.11. The Kier molecular flexibility index (Phi) is 5.16. The highest BCUT2D eigenvalue weighted by Crippen LogP contribution is 2.26. The third kappa shape index (κ3) is 4.49. The van der Waals surface area contributed by atoms with E-state index in [2.05, 4.69) is 10.6 Å². The van der Waals surface area contributed by atoms with E-state index in [0.29, 0.717) is 27.5 Å². The number of hydrogen-bond donors (Lipinski definition) is 2. The maximum atomic E-state index is 12.2. The molecule has 0 spiro atoms. The van der Waals surface area contributed by atoms with E-state index in [-0.39, 0.29) is 5.91 Å². The molecular formula is C19H16ClN3O2. The van der Waals surface area contributed by atoms with E-state index in [9.17, 15) is 10.0 Å². The van der Waals surface area contributed by atoms with Crippen LogP contribution < -0.4 is 15.4 Å². The van der Waals surface area contributed by atoms with Gasteiger partial charge in [0.1, 0.15) is 0 Å². The van der Waals surface area contributed by atoms with Crippen LogP contribution in [0.2, 0.25) is 5.02 Å². The summed E-state index contributed by atoms with van der Waals surface area (Å²) >= 11 is 6.29. The van der Waals surface area contributed by atoms with Gasteiger partial charge in [0, 0.05) is 24.4 Å². The molecule has 25 heavy (non-hydrogen) atoms. The standard InChI is InChI=1S/C19H16ClN3O2/c20-17-12-16(22-19(24)15-8-10-23(25)11-9-15)6-7-18(17)21-13-14-4-2-1-3-5-14/h1-12,21H,13H2,(H,22,24). The molecule has 0 bridgehead atoms. The number of amides is 1. The number of nitrogens with one attached hydrogen (secondary N) is 2. The van der Waals surface area contributed by atoms with Gasteiger partial charge in [-0.25, -0.2) is 0 Å². The molecule has 0 aliphatic rings. The van der Waals surface area contributed by atoms with Crippen LogP contribution in [-0.2, 0) is 6.54 Å². The number of rotatable bonds is 5.